The zero-order chi connectivity index (χ0) is 18.4. The summed E-state index contributed by atoms with van der Waals surface area (Å²) < 4.78 is 15.3. The maximum absolute atomic E-state index is 12.2. The predicted molar refractivity (Wildman–Crippen MR) is 89.4 cm³/mol. The summed E-state index contributed by atoms with van der Waals surface area (Å²) in [5.41, 5.74) is 0.738. The number of carbonyl (C=O) groups excluding carboxylic acids is 2. The topological polar surface area (TPSA) is 102 Å². The lowest BCUT2D eigenvalue weighted by Gasteiger charge is -2.05. The molecule has 25 heavy (non-hydrogen) atoms. The summed E-state index contributed by atoms with van der Waals surface area (Å²) in [4.78, 5) is 23.9. The second-order valence-electron chi connectivity index (χ2n) is 5.14. The van der Waals surface area contributed by atoms with E-state index in [2.05, 4.69) is 10.1 Å². The lowest BCUT2D eigenvalue weighted by Crippen LogP contribution is -2.15. The molecule has 130 valence electrons. The van der Waals surface area contributed by atoms with Gasteiger partial charge in [-0.3, -0.25) is 10.1 Å². The van der Waals surface area contributed by atoms with Crippen LogP contribution < -0.4 is 10.1 Å². The van der Waals surface area contributed by atoms with Gasteiger partial charge >= 0.3 is 5.97 Å². The Hall–Kier alpha value is -3.27. The molecule has 0 aliphatic rings. The number of furan rings is 1. The Bertz CT molecular complexity index is 815. The molecule has 1 heterocycles. The highest BCUT2D eigenvalue weighted by Crippen LogP contribution is 2.27. The highest BCUT2D eigenvalue weighted by Gasteiger charge is 2.25. The molecule has 0 spiro atoms. The molecule has 1 amide bonds. The molecule has 7 heteroatoms. The van der Waals surface area contributed by atoms with Crippen molar-refractivity contribution in [3.05, 3.63) is 46.7 Å². The molecule has 0 aliphatic heterocycles. The first-order chi connectivity index (χ1) is 12.0. The van der Waals surface area contributed by atoms with Crippen LogP contribution in [0.2, 0.25) is 0 Å². The second kappa shape index (κ2) is 8.02. The highest BCUT2D eigenvalue weighted by molar-refractivity contribution is 5.98. The van der Waals surface area contributed by atoms with Crippen molar-refractivity contribution in [3.8, 4) is 11.8 Å². The first kappa shape index (κ1) is 18.1. The molecule has 0 unspecified atom stereocenters. The van der Waals surface area contributed by atoms with Crippen LogP contribution >= 0.6 is 0 Å². The van der Waals surface area contributed by atoms with Crippen LogP contribution in [0, 0.1) is 18.3 Å². The number of methoxy groups -OCH3 is 1. The van der Waals surface area contributed by atoms with Crippen LogP contribution in [0.3, 0.4) is 0 Å². The fourth-order valence-corrected chi connectivity index (χ4v) is 2.31. The molecule has 0 saturated heterocycles. The van der Waals surface area contributed by atoms with Crippen LogP contribution in [-0.2, 0) is 16.0 Å². The van der Waals surface area contributed by atoms with E-state index in [-0.39, 0.29) is 35.1 Å². The number of nitrogens with one attached hydrogen (secondary N) is 1. The number of benzene rings is 1. The van der Waals surface area contributed by atoms with E-state index >= 15 is 0 Å². The number of nitrogens with zero attached hydrogens (tertiary/aromatic N) is 1. The van der Waals surface area contributed by atoms with Gasteiger partial charge in [-0.15, -0.1) is 0 Å². The van der Waals surface area contributed by atoms with E-state index in [1.807, 2.05) is 13.0 Å². The predicted octanol–water partition coefficient (Wildman–Crippen LogP) is 2.83. The molecular weight excluding hydrogens is 324 g/mol. The van der Waals surface area contributed by atoms with E-state index in [9.17, 15) is 14.9 Å². The fourth-order valence-electron chi connectivity index (χ4n) is 2.31. The number of ether oxygens (including phenoxy) is 2. The van der Waals surface area contributed by atoms with Gasteiger partial charge in [0.25, 0.3) is 0 Å². The third-order valence-electron chi connectivity index (χ3n) is 3.44. The van der Waals surface area contributed by atoms with Gasteiger partial charge in [0.05, 0.1) is 20.1 Å². The highest BCUT2D eigenvalue weighted by atomic mass is 16.5. The number of nitriles is 1. The van der Waals surface area contributed by atoms with Gasteiger partial charge in [-0.05, 0) is 31.5 Å². The van der Waals surface area contributed by atoms with Gasteiger partial charge in [-0.1, -0.05) is 12.1 Å². The van der Waals surface area contributed by atoms with Crippen LogP contribution in [0.15, 0.2) is 28.7 Å². The summed E-state index contributed by atoms with van der Waals surface area (Å²) in [5.74, 6) is -0.186. The van der Waals surface area contributed by atoms with E-state index < -0.39 is 5.97 Å². The van der Waals surface area contributed by atoms with Gasteiger partial charge in [-0.2, -0.15) is 5.26 Å². The average Bonchev–Trinajstić information content (AvgIpc) is 2.91. The van der Waals surface area contributed by atoms with E-state index in [0.29, 0.717) is 6.61 Å². The van der Waals surface area contributed by atoms with E-state index in [1.54, 1.807) is 24.3 Å². The summed E-state index contributed by atoms with van der Waals surface area (Å²) in [6.07, 6.45) is 0.0879. The van der Waals surface area contributed by atoms with Crippen LogP contribution in [-0.4, -0.2) is 25.6 Å². The Labute approximate surface area is 145 Å². The first-order valence-electron chi connectivity index (χ1n) is 7.63. The van der Waals surface area contributed by atoms with E-state index in [0.717, 1.165) is 11.3 Å². The van der Waals surface area contributed by atoms with Gasteiger partial charge < -0.3 is 13.9 Å². The van der Waals surface area contributed by atoms with E-state index in [4.69, 9.17) is 9.15 Å². The molecule has 0 radical (unpaired) electrons. The van der Waals surface area contributed by atoms with Crippen molar-refractivity contribution in [3.63, 3.8) is 0 Å². The van der Waals surface area contributed by atoms with Crippen molar-refractivity contribution < 1.29 is 23.5 Å². The number of esters is 1. The van der Waals surface area contributed by atoms with Crippen molar-refractivity contribution in [1.29, 1.82) is 5.26 Å². The molecule has 0 atom stereocenters. The second-order valence-corrected chi connectivity index (χ2v) is 5.14. The number of hydrogen-bond donors (Lipinski definition) is 1. The van der Waals surface area contributed by atoms with Gasteiger partial charge in [0, 0.05) is 0 Å². The summed E-state index contributed by atoms with van der Waals surface area (Å²) >= 11 is 0. The Morgan fingerprint density at radius 1 is 1.28 bits per heavy atom. The minimum Gasteiger partial charge on any atom is -0.494 e. The normalized spacial score (nSPS) is 10.0. The van der Waals surface area contributed by atoms with Crippen molar-refractivity contribution in [1.82, 2.24) is 0 Å². The molecule has 0 aliphatic carbocycles. The Kier molecular flexibility index (Phi) is 5.79. The molecule has 0 bridgehead atoms. The Balaban J connectivity index is 2.13. The molecular formula is C18H18N2O5. The molecule has 0 fully saturated rings. The van der Waals surface area contributed by atoms with Crippen molar-refractivity contribution in [2.24, 2.45) is 0 Å². The summed E-state index contributed by atoms with van der Waals surface area (Å²) in [6.45, 7) is 3.98. The first-order valence-corrected chi connectivity index (χ1v) is 7.63. The van der Waals surface area contributed by atoms with Gasteiger partial charge in [0.1, 0.15) is 28.7 Å². The quantitative estimate of drug-likeness (QED) is 0.810. The van der Waals surface area contributed by atoms with Crippen molar-refractivity contribution in [2.45, 2.75) is 20.3 Å². The Morgan fingerprint density at radius 3 is 2.52 bits per heavy atom. The van der Waals surface area contributed by atoms with Gasteiger partial charge in [0.15, 0.2) is 0 Å². The van der Waals surface area contributed by atoms with Crippen LogP contribution in [0.4, 0.5) is 5.88 Å². The summed E-state index contributed by atoms with van der Waals surface area (Å²) in [7, 11) is 1.21. The largest absolute Gasteiger partial charge is 0.494 e. The maximum atomic E-state index is 12.2. The van der Waals surface area contributed by atoms with Crippen molar-refractivity contribution >= 4 is 17.8 Å². The minimum atomic E-state index is -0.690. The maximum Gasteiger partial charge on any atom is 0.342 e. The lowest BCUT2D eigenvalue weighted by molar-refractivity contribution is -0.115. The molecule has 1 aromatic heterocycles. The zero-order valence-electron chi connectivity index (χ0n) is 14.2. The smallest absolute Gasteiger partial charge is 0.342 e. The number of hydrogen-bond acceptors (Lipinski definition) is 6. The zero-order valence-corrected chi connectivity index (χ0v) is 14.2. The number of anilines is 1. The van der Waals surface area contributed by atoms with Crippen LogP contribution in [0.25, 0.3) is 0 Å². The van der Waals surface area contributed by atoms with Crippen LogP contribution in [0.1, 0.15) is 34.2 Å². The molecule has 1 aromatic carbocycles. The van der Waals surface area contributed by atoms with Gasteiger partial charge in [0.2, 0.25) is 11.8 Å². The standard InChI is InChI=1S/C18H18N2O5/c1-4-24-13-7-5-12(6-8-13)9-15(21)20-17-14(10-19)16(11(2)25-17)18(22)23-3/h5-8H,4,9H2,1-3H3,(H,20,21). The number of rotatable bonds is 6. The Morgan fingerprint density at radius 2 is 1.96 bits per heavy atom. The summed E-state index contributed by atoms with van der Waals surface area (Å²) in [5, 5.41) is 11.8. The minimum absolute atomic E-state index is 0.0152. The number of aryl methyl sites for hydroxylation is 1. The van der Waals surface area contributed by atoms with Crippen molar-refractivity contribution in [2.75, 3.05) is 19.0 Å². The SMILES string of the molecule is CCOc1ccc(CC(=O)Nc2oc(C)c(C(=O)OC)c2C#N)cc1. The summed E-state index contributed by atoms with van der Waals surface area (Å²) in [6, 6.07) is 8.98. The fraction of sp³-hybridized carbons (Fsp3) is 0.278. The lowest BCUT2D eigenvalue weighted by atomic mass is 10.1. The van der Waals surface area contributed by atoms with Crippen LogP contribution in [0.5, 0.6) is 5.75 Å². The molecule has 0 saturated carbocycles. The number of amides is 1. The third kappa shape index (κ3) is 4.18. The molecule has 2 aromatic rings. The molecule has 7 nitrogen and oxygen atoms in total. The van der Waals surface area contributed by atoms with E-state index in [1.165, 1.54) is 14.0 Å². The molecule has 1 N–H and O–H groups in total. The third-order valence-corrected chi connectivity index (χ3v) is 3.44. The average molecular weight is 342 g/mol. The molecule has 2 rings (SSSR count). The van der Waals surface area contributed by atoms with Gasteiger partial charge in [-0.25, -0.2) is 4.79 Å². The number of carbonyl (C=O) groups is 2. The monoisotopic (exact) mass is 342 g/mol.